The first-order valence-corrected chi connectivity index (χ1v) is 11.2. The van der Waals surface area contributed by atoms with Crippen molar-refractivity contribution in [2.75, 3.05) is 18.7 Å². The summed E-state index contributed by atoms with van der Waals surface area (Å²) in [7, 11) is 1.51. The van der Waals surface area contributed by atoms with Crippen LogP contribution >= 0.6 is 50.3 Å². The molecule has 4 rings (SSSR count). The first kappa shape index (κ1) is 19.5. The summed E-state index contributed by atoms with van der Waals surface area (Å²) in [6.45, 7) is 0. The number of halogens is 2. The van der Waals surface area contributed by atoms with Crippen molar-refractivity contribution in [3.05, 3.63) is 43.9 Å². The second-order valence-corrected chi connectivity index (χ2v) is 8.69. The fraction of sp³-hybridized carbons (Fsp3) is 0.167. The van der Waals surface area contributed by atoms with Crippen LogP contribution in [0, 0.1) is 3.57 Å². The Morgan fingerprint density at radius 1 is 1.29 bits per heavy atom. The van der Waals surface area contributed by atoms with Gasteiger partial charge in [0.1, 0.15) is 0 Å². The molecule has 1 aliphatic rings. The zero-order chi connectivity index (χ0) is 19.8. The van der Waals surface area contributed by atoms with E-state index in [2.05, 4.69) is 59.0 Å². The van der Waals surface area contributed by atoms with Crippen molar-refractivity contribution in [1.29, 1.82) is 0 Å². The molecule has 7 nitrogen and oxygen atoms in total. The van der Waals surface area contributed by atoms with Crippen LogP contribution in [0.25, 0.3) is 11.3 Å². The molecule has 0 fully saturated rings. The first-order valence-electron chi connectivity index (χ1n) is 8.08. The lowest BCUT2D eigenvalue weighted by molar-refractivity contribution is 0.224. The summed E-state index contributed by atoms with van der Waals surface area (Å²) in [4.78, 5) is 4.51. The first-order chi connectivity index (χ1) is 13.5. The lowest BCUT2D eigenvalue weighted by Crippen LogP contribution is -2.17. The minimum atomic E-state index is -0.560. The van der Waals surface area contributed by atoms with Gasteiger partial charge in [0.15, 0.2) is 23.4 Å². The Morgan fingerprint density at radius 3 is 2.86 bits per heavy atom. The van der Waals surface area contributed by atoms with E-state index in [4.69, 9.17) is 9.47 Å². The number of fused-ring (bicyclic) bond motifs is 3. The third kappa shape index (κ3) is 3.60. The van der Waals surface area contributed by atoms with Crippen LogP contribution in [0.1, 0.15) is 11.8 Å². The number of ether oxygens (including phenoxy) is 2. The van der Waals surface area contributed by atoms with Crippen molar-refractivity contribution in [3.63, 3.8) is 0 Å². The number of benzene rings is 2. The van der Waals surface area contributed by atoms with Crippen LogP contribution in [-0.2, 0) is 0 Å². The number of rotatable bonds is 3. The molecule has 144 valence electrons. The monoisotopic (exact) mass is 572 g/mol. The van der Waals surface area contributed by atoms with Gasteiger partial charge in [0.2, 0.25) is 11.0 Å². The van der Waals surface area contributed by atoms with E-state index in [0.717, 1.165) is 21.3 Å². The molecule has 0 saturated heterocycles. The van der Waals surface area contributed by atoms with Crippen LogP contribution in [0.4, 0.5) is 5.69 Å². The van der Waals surface area contributed by atoms with Gasteiger partial charge in [-0.25, -0.2) is 0 Å². The molecule has 0 spiro atoms. The van der Waals surface area contributed by atoms with Crippen LogP contribution in [0.2, 0.25) is 0 Å². The second kappa shape index (κ2) is 7.91. The zero-order valence-corrected chi connectivity index (χ0v) is 19.3. The number of phenolic OH excluding ortho intramolecular Hbond substituents is 1. The lowest BCUT2D eigenvalue weighted by Gasteiger charge is -2.20. The Balaban J connectivity index is 1.88. The van der Waals surface area contributed by atoms with Crippen molar-refractivity contribution in [2.24, 2.45) is 0 Å². The summed E-state index contributed by atoms with van der Waals surface area (Å²) in [6.07, 6.45) is 1.32. The molecule has 1 unspecified atom stereocenters. The Bertz CT molecular complexity index is 1070. The fourth-order valence-electron chi connectivity index (χ4n) is 2.81. The Labute approximate surface area is 187 Å². The number of hydrogen-bond acceptors (Lipinski definition) is 8. The highest BCUT2D eigenvalue weighted by Gasteiger charge is 2.27. The standard InChI is InChI=1S/C18H14BrIN4O3S/c1-26-13-6-8(5-11(20)15(13)25)16-21-12-4-3-9(19)7-10(12)14-17(27-16)22-18(28-2)24-23-14/h3-7,16,21,25H,1-2H3. The molecule has 1 aromatic heterocycles. The highest BCUT2D eigenvalue weighted by atomic mass is 127. The Kier molecular flexibility index (Phi) is 5.52. The van der Waals surface area contributed by atoms with Gasteiger partial charge in [-0.1, -0.05) is 27.7 Å². The third-order valence-corrected chi connectivity index (χ3v) is 6.00. The molecule has 1 atom stereocenters. The fourth-order valence-corrected chi connectivity index (χ4v) is 4.09. The Morgan fingerprint density at radius 2 is 2.11 bits per heavy atom. The number of anilines is 1. The van der Waals surface area contributed by atoms with Crippen LogP contribution in [0.5, 0.6) is 17.4 Å². The zero-order valence-electron chi connectivity index (χ0n) is 14.7. The largest absolute Gasteiger partial charge is 0.504 e. The maximum Gasteiger partial charge on any atom is 0.247 e. The van der Waals surface area contributed by atoms with Crippen LogP contribution < -0.4 is 14.8 Å². The Hall–Kier alpha value is -1.79. The summed E-state index contributed by atoms with van der Waals surface area (Å²) in [5.74, 6) is 0.855. The molecule has 2 aromatic carbocycles. The molecule has 0 amide bonds. The number of aromatic hydroxyl groups is 1. The molecule has 1 aliphatic heterocycles. The van der Waals surface area contributed by atoms with E-state index in [9.17, 15) is 5.11 Å². The quantitative estimate of drug-likeness (QED) is 0.340. The SMILES string of the molecule is COc1cc(C2Nc3ccc(Br)cc3-c3nnc(SC)nc3O2)cc(I)c1O. The van der Waals surface area contributed by atoms with Gasteiger partial charge in [-0.15, -0.1) is 10.2 Å². The lowest BCUT2D eigenvalue weighted by atomic mass is 10.1. The van der Waals surface area contributed by atoms with E-state index in [-0.39, 0.29) is 5.75 Å². The number of thioether (sulfide) groups is 1. The maximum atomic E-state index is 10.2. The third-order valence-electron chi connectivity index (χ3n) is 4.14. The molecule has 3 aromatic rings. The van der Waals surface area contributed by atoms with Crippen molar-refractivity contribution in [2.45, 2.75) is 11.4 Å². The van der Waals surface area contributed by atoms with Gasteiger partial charge >= 0.3 is 0 Å². The number of aromatic nitrogens is 3. The predicted octanol–water partition coefficient (Wildman–Crippen LogP) is 4.84. The van der Waals surface area contributed by atoms with Crippen LogP contribution in [0.15, 0.2) is 40.0 Å². The smallest absolute Gasteiger partial charge is 0.247 e. The van der Waals surface area contributed by atoms with Gasteiger partial charge in [-0.05, 0) is 59.2 Å². The number of methoxy groups -OCH3 is 1. The van der Waals surface area contributed by atoms with E-state index in [1.807, 2.05) is 30.5 Å². The number of phenols is 1. The molecule has 2 heterocycles. The van der Waals surface area contributed by atoms with Crippen molar-refractivity contribution in [1.82, 2.24) is 15.2 Å². The second-order valence-electron chi connectivity index (χ2n) is 5.84. The van der Waals surface area contributed by atoms with E-state index in [1.54, 1.807) is 6.07 Å². The van der Waals surface area contributed by atoms with Gasteiger partial charge < -0.3 is 19.9 Å². The van der Waals surface area contributed by atoms with Crippen molar-refractivity contribution < 1.29 is 14.6 Å². The predicted molar refractivity (Wildman–Crippen MR) is 119 cm³/mol. The molecule has 0 radical (unpaired) electrons. The number of hydrogen-bond donors (Lipinski definition) is 2. The summed E-state index contributed by atoms with van der Waals surface area (Å²) in [5.41, 5.74) is 3.01. The average molecular weight is 573 g/mol. The van der Waals surface area contributed by atoms with Gasteiger partial charge in [0.25, 0.3) is 0 Å². The van der Waals surface area contributed by atoms with Gasteiger partial charge in [-0.3, -0.25) is 0 Å². The molecule has 28 heavy (non-hydrogen) atoms. The number of nitrogens with one attached hydrogen (secondary N) is 1. The number of nitrogens with zero attached hydrogens (tertiary/aromatic N) is 3. The molecule has 10 heteroatoms. The topological polar surface area (TPSA) is 89.4 Å². The maximum absolute atomic E-state index is 10.2. The normalized spacial score (nSPS) is 14.9. The van der Waals surface area contributed by atoms with Gasteiger partial charge in [0, 0.05) is 21.3 Å². The summed E-state index contributed by atoms with van der Waals surface area (Å²) in [5, 5.41) is 22.6. The molecule has 2 N–H and O–H groups in total. The summed E-state index contributed by atoms with van der Waals surface area (Å²) < 4.78 is 13.1. The summed E-state index contributed by atoms with van der Waals surface area (Å²) >= 11 is 6.96. The highest BCUT2D eigenvalue weighted by molar-refractivity contribution is 14.1. The minimum Gasteiger partial charge on any atom is -0.504 e. The average Bonchev–Trinajstić information content (AvgIpc) is 2.86. The molecule has 0 bridgehead atoms. The minimum absolute atomic E-state index is 0.0962. The van der Waals surface area contributed by atoms with E-state index < -0.39 is 6.23 Å². The van der Waals surface area contributed by atoms with E-state index >= 15 is 0 Å². The molecule has 0 saturated carbocycles. The van der Waals surface area contributed by atoms with Crippen LogP contribution in [-0.4, -0.2) is 33.7 Å². The van der Waals surface area contributed by atoms with Crippen LogP contribution in [0.3, 0.4) is 0 Å². The highest BCUT2D eigenvalue weighted by Crippen LogP contribution is 2.42. The molecular formula is C18H14BrIN4O3S. The van der Waals surface area contributed by atoms with Crippen molar-refractivity contribution >= 4 is 56.0 Å². The summed E-state index contributed by atoms with van der Waals surface area (Å²) in [6, 6.07) is 9.40. The van der Waals surface area contributed by atoms with E-state index in [1.165, 1.54) is 18.9 Å². The van der Waals surface area contributed by atoms with Gasteiger partial charge in [-0.2, -0.15) is 4.98 Å². The van der Waals surface area contributed by atoms with E-state index in [0.29, 0.717) is 26.1 Å². The van der Waals surface area contributed by atoms with Crippen molar-refractivity contribution in [3.8, 4) is 28.6 Å². The molecule has 0 aliphatic carbocycles. The van der Waals surface area contributed by atoms with Gasteiger partial charge in [0.05, 0.1) is 10.7 Å². The molecular weight excluding hydrogens is 559 g/mol.